The first-order chi connectivity index (χ1) is 6.74. The van der Waals surface area contributed by atoms with Crippen LogP contribution < -0.4 is 5.73 Å². The van der Waals surface area contributed by atoms with Crippen molar-refractivity contribution in [2.24, 2.45) is 5.73 Å². The number of nitrogens with zero attached hydrogens (tertiary/aromatic N) is 1. The molecular formula is C10H18N2OS. The molecule has 2 bridgehead atoms. The van der Waals surface area contributed by atoms with Gasteiger partial charge < -0.3 is 10.6 Å². The van der Waals surface area contributed by atoms with Gasteiger partial charge in [0.2, 0.25) is 5.91 Å². The molecule has 0 radical (unpaired) electrons. The molecule has 2 aliphatic rings. The summed E-state index contributed by atoms with van der Waals surface area (Å²) in [6.45, 7) is 2.09. The maximum absolute atomic E-state index is 11.9. The summed E-state index contributed by atoms with van der Waals surface area (Å²) in [5.74, 6) is 1.95. The van der Waals surface area contributed by atoms with Crippen molar-refractivity contribution >= 4 is 17.7 Å². The molecule has 0 aliphatic carbocycles. The Balaban J connectivity index is 1.95. The Bertz CT molecular complexity index is 234. The molecule has 0 saturated carbocycles. The standard InChI is InChI=1S/C10H18N2OS/c1-2-14-6-10(13)12-7-3-4-9(12)8(11)5-7/h7-9H,2-6,11H2,1H3/t7-,8-,9+/m1/s1. The molecule has 4 heteroatoms. The zero-order valence-corrected chi connectivity index (χ0v) is 9.43. The number of rotatable bonds is 3. The van der Waals surface area contributed by atoms with Gasteiger partial charge in [-0.3, -0.25) is 4.79 Å². The Labute approximate surface area is 89.4 Å². The SMILES string of the molecule is CCSCC(=O)N1[C@@H]2CC[C@H]1[C@H](N)C2. The first kappa shape index (κ1) is 10.3. The molecule has 0 aromatic carbocycles. The van der Waals surface area contributed by atoms with Crippen LogP contribution in [0.15, 0.2) is 0 Å². The van der Waals surface area contributed by atoms with Crippen molar-refractivity contribution in [3.8, 4) is 0 Å². The summed E-state index contributed by atoms with van der Waals surface area (Å²) in [5.41, 5.74) is 5.98. The molecule has 0 unspecified atom stereocenters. The van der Waals surface area contributed by atoms with Crippen LogP contribution in [0.3, 0.4) is 0 Å². The van der Waals surface area contributed by atoms with Crippen LogP contribution in [0.2, 0.25) is 0 Å². The zero-order valence-electron chi connectivity index (χ0n) is 8.61. The smallest absolute Gasteiger partial charge is 0.233 e. The van der Waals surface area contributed by atoms with E-state index in [2.05, 4.69) is 11.8 Å². The molecule has 2 aliphatic heterocycles. The van der Waals surface area contributed by atoms with Gasteiger partial charge in [0.15, 0.2) is 0 Å². The van der Waals surface area contributed by atoms with Gasteiger partial charge in [0.25, 0.3) is 0 Å². The van der Waals surface area contributed by atoms with Crippen LogP contribution in [0.5, 0.6) is 0 Å². The van der Waals surface area contributed by atoms with Crippen LogP contribution in [-0.4, -0.2) is 40.4 Å². The minimum atomic E-state index is 0.240. The van der Waals surface area contributed by atoms with Gasteiger partial charge in [-0.15, -0.1) is 0 Å². The number of carbonyl (C=O) groups excluding carboxylic acids is 1. The third-order valence-corrected chi connectivity index (χ3v) is 4.16. The number of carbonyl (C=O) groups is 1. The van der Waals surface area contributed by atoms with Crippen LogP contribution in [0.1, 0.15) is 26.2 Å². The van der Waals surface area contributed by atoms with E-state index in [1.165, 1.54) is 6.42 Å². The molecule has 3 atom stereocenters. The lowest BCUT2D eigenvalue weighted by atomic mass is 9.97. The number of hydrogen-bond donors (Lipinski definition) is 1. The van der Waals surface area contributed by atoms with Crippen LogP contribution in [0.25, 0.3) is 0 Å². The molecule has 2 heterocycles. The third kappa shape index (κ3) is 1.65. The van der Waals surface area contributed by atoms with E-state index in [-0.39, 0.29) is 6.04 Å². The Morgan fingerprint density at radius 1 is 1.57 bits per heavy atom. The molecule has 0 aromatic rings. The van der Waals surface area contributed by atoms with E-state index in [4.69, 9.17) is 5.73 Å². The number of fused-ring (bicyclic) bond motifs is 2. The lowest BCUT2D eigenvalue weighted by Gasteiger charge is -2.22. The highest BCUT2D eigenvalue weighted by Crippen LogP contribution is 2.36. The topological polar surface area (TPSA) is 46.3 Å². The van der Waals surface area contributed by atoms with Gasteiger partial charge in [-0.2, -0.15) is 11.8 Å². The minimum Gasteiger partial charge on any atom is -0.334 e. The quantitative estimate of drug-likeness (QED) is 0.757. The summed E-state index contributed by atoms with van der Waals surface area (Å²) in [6, 6.07) is 1.05. The molecule has 14 heavy (non-hydrogen) atoms. The molecule has 2 saturated heterocycles. The summed E-state index contributed by atoms with van der Waals surface area (Å²) in [4.78, 5) is 13.9. The number of nitrogens with two attached hydrogens (primary N) is 1. The van der Waals surface area contributed by atoms with Crippen LogP contribution >= 0.6 is 11.8 Å². The fourth-order valence-electron chi connectivity index (χ4n) is 2.69. The highest BCUT2D eigenvalue weighted by molar-refractivity contribution is 7.99. The fourth-order valence-corrected chi connectivity index (χ4v) is 3.22. The highest BCUT2D eigenvalue weighted by Gasteiger charge is 2.46. The van der Waals surface area contributed by atoms with E-state index in [9.17, 15) is 4.79 Å². The van der Waals surface area contributed by atoms with E-state index < -0.39 is 0 Å². The van der Waals surface area contributed by atoms with Crippen molar-refractivity contribution in [2.45, 2.75) is 44.3 Å². The maximum atomic E-state index is 11.9. The van der Waals surface area contributed by atoms with Crippen LogP contribution in [-0.2, 0) is 4.79 Å². The maximum Gasteiger partial charge on any atom is 0.233 e. The van der Waals surface area contributed by atoms with Gasteiger partial charge in [0.1, 0.15) is 0 Å². The first-order valence-electron chi connectivity index (χ1n) is 5.38. The van der Waals surface area contributed by atoms with Crippen molar-refractivity contribution in [1.82, 2.24) is 4.90 Å². The van der Waals surface area contributed by atoms with Gasteiger partial charge in [-0.05, 0) is 25.0 Å². The molecule has 0 aromatic heterocycles. The van der Waals surface area contributed by atoms with E-state index in [0.717, 1.165) is 18.6 Å². The lowest BCUT2D eigenvalue weighted by molar-refractivity contribution is -0.129. The van der Waals surface area contributed by atoms with E-state index in [1.54, 1.807) is 11.8 Å². The first-order valence-corrected chi connectivity index (χ1v) is 6.54. The number of hydrogen-bond acceptors (Lipinski definition) is 3. The van der Waals surface area contributed by atoms with Gasteiger partial charge in [0, 0.05) is 18.1 Å². The molecule has 3 nitrogen and oxygen atoms in total. The molecule has 2 rings (SSSR count). The van der Waals surface area contributed by atoms with Gasteiger partial charge in [-0.1, -0.05) is 6.92 Å². The normalized spacial score (nSPS) is 35.3. The molecule has 1 amide bonds. The second kappa shape index (κ2) is 4.11. The summed E-state index contributed by atoms with van der Waals surface area (Å²) in [6.07, 6.45) is 3.31. The monoisotopic (exact) mass is 214 g/mol. The Morgan fingerprint density at radius 2 is 2.36 bits per heavy atom. The van der Waals surface area contributed by atoms with E-state index in [1.807, 2.05) is 0 Å². The summed E-state index contributed by atoms with van der Waals surface area (Å²) in [5, 5.41) is 0. The van der Waals surface area contributed by atoms with Crippen LogP contribution in [0.4, 0.5) is 0 Å². The molecule has 80 valence electrons. The average Bonchev–Trinajstić information content (AvgIpc) is 2.70. The fraction of sp³-hybridized carbons (Fsp3) is 0.900. The largest absolute Gasteiger partial charge is 0.334 e. The van der Waals surface area contributed by atoms with Gasteiger partial charge in [-0.25, -0.2) is 0 Å². The summed E-state index contributed by atoms with van der Waals surface area (Å²) < 4.78 is 0. The predicted octanol–water partition coefficient (Wildman–Crippen LogP) is 0.830. The molecular weight excluding hydrogens is 196 g/mol. The Morgan fingerprint density at radius 3 is 2.86 bits per heavy atom. The van der Waals surface area contributed by atoms with Crippen molar-refractivity contribution in [2.75, 3.05) is 11.5 Å². The van der Waals surface area contributed by atoms with E-state index >= 15 is 0 Å². The van der Waals surface area contributed by atoms with Crippen molar-refractivity contribution in [3.05, 3.63) is 0 Å². The Kier molecular flexibility index (Phi) is 3.02. The van der Waals surface area contributed by atoms with Crippen molar-refractivity contribution in [3.63, 3.8) is 0 Å². The average molecular weight is 214 g/mol. The second-order valence-electron chi connectivity index (χ2n) is 4.14. The number of thioether (sulfide) groups is 1. The summed E-state index contributed by atoms with van der Waals surface area (Å²) in [7, 11) is 0. The minimum absolute atomic E-state index is 0.240. The van der Waals surface area contributed by atoms with E-state index in [0.29, 0.717) is 23.7 Å². The van der Waals surface area contributed by atoms with Gasteiger partial charge in [0.05, 0.1) is 5.75 Å². The Hall–Kier alpha value is -0.220. The molecule has 2 fully saturated rings. The zero-order chi connectivity index (χ0) is 10.1. The summed E-state index contributed by atoms with van der Waals surface area (Å²) >= 11 is 1.70. The number of amides is 1. The second-order valence-corrected chi connectivity index (χ2v) is 5.41. The molecule has 2 N–H and O–H groups in total. The highest BCUT2D eigenvalue weighted by atomic mass is 32.2. The predicted molar refractivity (Wildman–Crippen MR) is 59.2 cm³/mol. The van der Waals surface area contributed by atoms with Crippen LogP contribution in [0, 0.1) is 0 Å². The van der Waals surface area contributed by atoms with Crippen molar-refractivity contribution in [1.29, 1.82) is 0 Å². The van der Waals surface area contributed by atoms with Gasteiger partial charge >= 0.3 is 0 Å². The molecule has 0 spiro atoms. The lowest BCUT2D eigenvalue weighted by Crippen LogP contribution is -2.41. The van der Waals surface area contributed by atoms with Crippen molar-refractivity contribution < 1.29 is 4.79 Å². The third-order valence-electron chi connectivity index (χ3n) is 3.30.